The molecule has 2 aliphatic rings. The van der Waals surface area contributed by atoms with E-state index in [9.17, 15) is 0 Å². The van der Waals surface area contributed by atoms with E-state index in [1.165, 1.54) is 12.8 Å². The smallest absolute Gasteiger partial charge is 0.0809 e. The summed E-state index contributed by atoms with van der Waals surface area (Å²) in [5, 5.41) is 8.94. The Morgan fingerprint density at radius 3 is 2.75 bits per heavy atom. The summed E-state index contributed by atoms with van der Waals surface area (Å²) in [6, 6.07) is 2.33. The molecule has 90 valence electrons. The molecule has 2 atom stereocenters. The van der Waals surface area contributed by atoms with Gasteiger partial charge in [-0.3, -0.25) is 4.90 Å². The minimum atomic E-state index is 0.0578. The summed E-state index contributed by atoms with van der Waals surface area (Å²) in [6.45, 7) is 8.45. The minimum Gasteiger partial charge on any atom is -0.377 e. The third-order valence-corrected chi connectivity index (χ3v) is 4.46. The number of hydrogen-bond acceptors (Lipinski definition) is 3. The number of likely N-dealkylation sites (tertiary alicyclic amines) is 1. The normalized spacial score (nSPS) is 34.1. The van der Waals surface area contributed by atoms with Crippen LogP contribution in [0.4, 0.5) is 0 Å². The maximum atomic E-state index is 8.94. The molecule has 0 N–H and O–H groups in total. The van der Waals surface area contributed by atoms with Crippen LogP contribution in [-0.4, -0.2) is 36.7 Å². The second-order valence-electron chi connectivity index (χ2n) is 5.43. The standard InChI is InChI=1S/C13H22N2O/c1-3-12-8-15(7-4-11(12)2)13(5-6-14)9-16-10-13/h11-12H,3-5,7-10H2,1-2H3/t11-,12?/m1/s1. The van der Waals surface area contributed by atoms with Crippen LogP contribution in [0.3, 0.4) is 0 Å². The van der Waals surface area contributed by atoms with Crippen molar-refractivity contribution in [2.75, 3.05) is 26.3 Å². The molecule has 2 rings (SSSR count). The highest BCUT2D eigenvalue weighted by Gasteiger charge is 2.46. The van der Waals surface area contributed by atoms with Gasteiger partial charge in [-0.2, -0.15) is 5.26 Å². The van der Waals surface area contributed by atoms with Gasteiger partial charge < -0.3 is 4.74 Å². The van der Waals surface area contributed by atoms with Gasteiger partial charge in [0.25, 0.3) is 0 Å². The molecule has 2 saturated heterocycles. The molecule has 0 aromatic rings. The highest BCUT2D eigenvalue weighted by molar-refractivity contribution is 5.04. The van der Waals surface area contributed by atoms with E-state index in [0.29, 0.717) is 6.42 Å². The number of hydrogen-bond donors (Lipinski definition) is 0. The molecule has 0 amide bonds. The fourth-order valence-electron chi connectivity index (χ4n) is 2.99. The van der Waals surface area contributed by atoms with E-state index in [0.717, 1.165) is 38.1 Å². The van der Waals surface area contributed by atoms with Gasteiger partial charge in [-0.05, 0) is 24.8 Å². The van der Waals surface area contributed by atoms with Gasteiger partial charge in [-0.1, -0.05) is 20.3 Å². The molecule has 0 radical (unpaired) electrons. The van der Waals surface area contributed by atoms with Gasteiger partial charge in [0.05, 0.1) is 31.2 Å². The topological polar surface area (TPSA) is 36.3 Å². The number of piperidine rings is 1. The summed E-state index contributed by atoms with van der Waals surface area (Å²) in [5.74, 6) is 1.63. The quantitative estimate of drug-likeness (QED) is 0.733. The summed E-state index contributed by atoms with van der Waals surface area (Å²) < 4.78 is 5.35. The van der Waals surface area contributed by atoms with Crippen molar-refractivity contribution in [2.24, 2.45) is 11.8 Å². The van der Waals surface area contributed by atoms with Crippen molar-refractivity contribution in [1.29, 1.82) is 5.26 Å². The number of ether oxygens (including phenoxy) is 1. The van der Waals surface area contributed by atoms with Crippen LogP contribution in [0.25, 0.3) is 0 Å². The fourth-order valence-corrected chi connectivity index (χ4v) is 2.99. The molecule has 16 heavy (non-hydrogen) atoms. The maximum Gasteiger partial charge on any atom is 0.0809 e. The summed E-state index contributed by atoms with van der Waals surface area (Å²) in [4.78, 5) is 2.52. The van der Waals surface area contributed by atoms with E-state index in [1.807, 2.05) is 0 Å². The Balaban J connectivity index is 2.01. The Hall–Kier alpha value is -0.590. The van der Waals surface area contributed by atoms with Crippen LogP contribution >= 0.6 is 0 Å². The average molecular weight is 222 g/mol. The Morgan fingerprint density at radius 1 is 1.50 bits per heavy atom. The SMILES string of the molecule is CCC1CN(C2(CC#N)COC2)CC[C@H]1C. The summed E-state index contributed by atoms with van der Waals surface area (Å²) in [7, 11) is 0. The van der Waals surface area contributed by atoms with E-state index in [4.69, 9.17) is 10.00 Å². The van der Waals surface area contributed by atoms with Crippen molar-refractivity contribution in [3.8, 4) is 6.07 Å². The predicted molar refractivity (Wildman–Crippen MR) is 62.9 cm³/mol. The molecule has 2 heterocycles. The molecular formula is C13H22N2O. The summed E-state index contributed by atoms with van der Waals surface area (Å²) in [6.07, 6.45) is 3.14. The molecule has 0 bridgehead atoms. The van der Waals surface area contributed by atoms with Gasteiger partial charge >= 0.3 is 0 Å². The van der Waals surface area contributed by atoms with Gasteiger partial charge in [0.1, 0.15) is 0 Å². The van der Waals surface area contributed by atoms with Gasteiger partial charge in [-0.25, -0.2) is 0 Å². The third kappa shape index (κ3) is 1.97. The van der Waals surface area contributed by atoms with Crippen molar-refractivity contribution < 1.29 is 4.74 Å². The summed E-state index contributed by atoms with van der Waals surface area (Å²) in [5.41, 5.74) is 0.0578. The predicted octanol–water partition coefficient (Wildman–Crippen LogP) is 2.04. The lowest BCUT2D eigenvalue weighted by Gasteiger charge is -2.52. The zero-order valence-electron chi connectivity index (χ0n) is 10.4. The largest absolute Gasteiger partial charge is 0.377 e. The Bertz CT molecular complexity index is 280. The van der Waals surface area contributed by atoms with E-state index >= 15 is 0 Å². The third-order valence-electron chi connectivity index (χ3n) is 4.46. The van der Waals surface area contributed by atoms with E-state index < -0.39 is 0 Å². The monoisotopic (exact) mass is 222 g/mol. The Kier molecular flexibility index (Phi) is 3.51. The molecule has 2 aliphatic heterocycles. The van der Waals surface area contributed by atoms with E-state index in [-0.39, 0.29) is 5.54 Å². The van der Waals surface area contributed by atoms with Crippen LogP contribution in [0.15, 0.2) is 0 Å². The van der Waals surface area contributed by atoms with Crippen molar-refractivity contribution in [1.82, 2.24) is 4.90 Å². The lowest BCUT2D eigenvalue weighted by Crippen LogP contribution is -2.64. The highest BCUT2D eigenvalue weighted by atomic mass is 16.5. The van der Waals surface area contributed by atoms with Gasteiger partial charge in [0.2, 0.25) is 0 Å². The fraction of sp³-hybridized carbons (Fsp3) is 0.923. The van der Waals surface area contributed by atoms with Gasteiger partial charge in [0, 0.05) is 6.54 Å². The van der Waals surface area contributed by atoms with Crippen LogP contribution < -0.4 is 0 Å². The average Bonchev–Trinajstić information content (AvgIpc) is 2.24. The van der Waals surface area contributed by atoms with Crippen molar-refractivity contribution in [3.63, 3.8) is 0 Å². The second-order valence-corrected chi connectivity index (χ2v) is 5.43. The molecule has 0 aromatic carbocycles. The molecule has 0 aromatic heterocycles. The first-order valence-corrected chi connectivity index (χ1v) is 6.41. The molecule has 2 fully saturated rings. The Labute approximate surface area is 98.4 Å². The molecule has 0 spiro atoms. The lowest BCUT2D eigenvalue weighted by molar-refractivity contribution is -0.151. The van der Waals surface area contributed by atoms with E-state index in [1.54, 1.807) is 0 Å². The van der Waals surface area contributed by atoms with Crippen molar-refractivity contribution >= 4 is 0 Å². The molecule has 0 aliphatic carbocycles. The van der Waals surface area contributed by atoms with Crippen LogP contribution in [0.2, 0.25) is 0 Å². The molecule has 3 heteroatoms. The Morgan fingerprint density at radius 2 is 2.25 bits per heavy atom. The maximum absolute atomic E-state index is 8.94. The molecule has 0 saturated carbocycles. The first-order valence-electron chi connectivity index (χ1n) is 6.41. The van der Waals surface area contributed by atoms with Crippen LogP contribution in [0, 0.1) is 23.2 Å². The zero-order valence-corrected chi connectivity index (χ0v) is 10.4. The zero-order chi connectivity index (χ0) is 11.6. The van der Waals surface area contributed by atoms with Gasteiger partial charge in [-0.15, -0.1) is 0 Å². The number of rotatable bonds is 3. The first-order chi connectivity index (χ1) is 7.72. The summed E-state index contributed by atoms with van der Waals surface area (Å²) >= 11 is 0. The van der Waals surface area contributed by atoms with Crippen LogP contribution in [0.5, 0.6) is 0 Å². The van der Waals surface area contributed by atoms with Crippen molar-refractivity contribution in [3.05, 3.63) is 0 Å². The number of nitriles is 1. The highest BCUT2D eigenvalue weighted by Crippen LogP contribution is 2.35. The minimum absolute atomic E-state index is 0.0578. The molecular weight excluding hydrogens is 200 g/mol. The van der Waals surface area contributed by atoms with Crippen LogP contribution in [-0.2, 0) is 4.74 Å². The first kappa shape index (κ1) is 11.9. The number of nitrogens with zero attached hydrogens (tertiary/aromatic N) is 2. The molecule has 1 unspecified atom stereocenters. The van der Waals surface area contributed by atoms with Crippen LogP contribution in [0.1, 0.15) is 33.1 Å². The van der Waals surface area contributed by atoms with Gasteiger partial charge in [0.15, 0.2) is 0 Å². The van der Waals surface area contributed by atoms with E-state index in [2.05, 4.69) is 24.8 Å². The lowest BCUT2D eigenvalue weighted by atomic mass is 9.81. The second kappa shape index (κ2) is 4.73. The molecule has 3 nitrogen and oxygen atoms in total. The van der Waals surface area contributed by atoms with Crippen molar-refractivity contribution in [2.45, 2.75) is 38.6 Å².